The first kappa shape index (κ1) is 15.3. The third-order valence-corrected chi connectivity index (χ3v) is 3.29. The molecule has 0 spiro atoms. The SMILES string of the molecule is Cn1nccc1N/N=c1\ccc(=O)/c(=N\Nc2ccnn2C)c1=O. The smallest absolute Gasteiger partial charge is 0.237 e. The molecule has 0 fully saturated rings. The predicted molar refractivity (Wildman–Crippen MR) is 86.1 cm³/mol. The molecule has 10 heteroatoms. The van der Waals surface area contributed by atoms with E-state index in [1.54, 1.807) is 43.3 Å². The molecule has 2 heterocycles. The van der Waals surface area contributed by atoms with E-state index in [0.717, 1.165) is 0 Å². The number of aromatic nitrogens is 4. The fourth-order valence-corrected chi connectivity index (χ4v) is 1.93. The van der Waals surface area contributed by atoms with Gasteiger partial charge >= 0.3 is 0 Å². The Labute approximate surface area is 135 Å². The molecule has 2 N–H and O–H groups in total. The highest BCUT2D eigenvalue weighted by molar-refractivity contribution is 5.33. The molecule has 2 aromatic heterocycles. The van der Waals surface area contributed by atoms with Gasteiger partial charge in [-0.15, -0.1) is 0 Å². The number of hydrogen-bond donors (Lipinski definition) is 2. The predicted octanol–water partition coefficient (Wildman–Crippen LogP) is -1.39. The minimum Gasteiger partial charge on any atom is -0.287 e. The van der Waals surface area contributed by atoms with Crippen LogP contribution in [0.25, 0.3) is 0 Å². The van der Waals surface area contributed by atoms with Crippen LogP contribution in [0.1, 0.15) is 0 Å². The van der Waals surface area contributed by atoms with E-state index >= 15 is 0 Å². The van der Waals surface area contributed by atoms with E-state index in [0.29, 0.717) is 11.6 Å². The molecule has 0 saturated heterocycles. The third-order valence-electron chi connectivity index (χ3n) is 3.29. The molecular formula is C14H14N8O2. The summed E-state index contributed by atoms with van der Waals surface area (Å²) in [6.45, 7) is 0. The minimum atomic E-state index is -0.577. The molecule has 0 aliphatic rings. The van der Waals surface area contributed by atoms with Crippen LogP contribution in [0.5, 0.6) is 0 Å². The highest BCUT2D eigenvalue weighted by Gasteiger charge is 2.02. The lowest BCUT2D eigenvalue weighted by Gasteiger charge is -1.99. The summed E-state index contributed by atoms with van der Waals surface area (Å²) in [5.41, 5.74) is 4.30. The maximum Gasteiger partial charge on any atom is 0.237 e. The Bertz CT molecular complexity index is 1080. The molecule has 10 nitrogen and oxygen atoms in total. The van der Waals surface area contributed by atoms with Crippen molar-refractivity contribution >= 4 is 11.6 Å². The Balaban J connectivity index is 1.99. The van der Waals surface area contributed by atoms with E-state index in [9.17, 15) is 9.59 Å². The van der Waals surface area contributed by atoms with Crippen LogP contribution in [0.3, 0.4) is 0 Å². The molecule has 0 unspecified atom stereocenters. The second-order valence-corrected chi connectivity index (χ2v) is 4.89. The maximum absolute atomic E-state index is 12.4. The first-order valence-electron chi connectivity index (χ1n) is 6.97. The zero-order valence-corrected chi connectivity index (χ0v) is 13.0. The fourth-order valence-electron chi connectivity index (χ4n) is 1.93. The highest BCUT2D eigenvalue weighted by atomic mass is 16.1. The Hall–Kier alpha value is -3.56. The van der Waals surface area contributed by atoms with E-state index in [-0.39, 0.29) is 10.7 Å². The van der Waals surface area contributed by atoms with Crippen molar-refractivity contribution in [3.63, 3.8) is 0 Å². The number of anilines is 2. The molecule has 0 atom stereocenters. The van der Waals surface area contributed by atoms with Gasteiger partial charge in [0, 0.05) is 26.2 Å². The summed E-state index contributed by atoms with van der Waals surface area (Å²) in [4.78, 5) is 24.3. The number of aryl methyl sites for hydroxylation is 2. The van der Waals surface area contributed by atoms with Crippen LogP contribution in [-0.4, -0.2) is 19.6 Å². The van der Waals surface area contributed by atoms with Gasteiger partial charge in [-0.05, 0) is 12.1 Å². The number of benzene rings is 1. The monoisotopic (exact) mass is 326 g/mol. The first-order chi connectivity index (χ1) is 11.6. The van der Waals surface area contributed by atoms with Gasteiger partial charge in [0.1, 0.15) is 17.0 Å². The Kier molecular flexibility index (Phi) is 4.01. The van der Waals surface area contributed by atoms with E-state index in [4.69, 9.17) is 0 Å². The van der Waals surface area contributed by atoms with Crippen molar-refractivity contribution in [3.05, 3.63) is 67.8 Å². The van der Waals surface area contributed by atoms with Crippen LogP contribution in [0, 0.1) is 0 Å². The molecule has 1 aromatic carbocycles. The quantitative estimate of drug-likeness (QED) is 0.570. The lowest BCUT2D eigenvalue weighted by Crippen LogP contribution is -2.48. The molecule has 0 aliphatic carbocycles. The van der Waals surface area contributed by atoms with Crippen LogP contribution < -0.4 is 32.4 Å². The van der Waals surface area contributed by atoms with E-state index in [2.05, 4.69) is 31.3 Å². The van der Waals surface area contributed by atoms with Gasteiger partial charge < -0.3 is 0 Å². The summed E-state index contributed by atoms with van der Waals surface area (Å²) >= 11 is 0. The number of rotatable bonds is 4. The zero-order chi connectivity index (χ0) is 17.1. The van der Waals surface area contributed by atoms with Gasteiger partial charge in [0.15, 0.2) is 5.36 Å². The van der Waals surface area contributed by atoms with E-state index < -0.39 is 10.9 Å². The van der Waals surface area contributed by atoms with Crippen LogP contribution in [0.2, 0.25) is 0 Å². The Morgan fingerprint density at radius 2 is 1.46 bits per heavy atom. The molecule has 3 rings (SSSR count). The van der Waals surface area contributed by atoms with Crippen LogP contribution >= 0.6 is 0 Å². The van der Waals surface area contributed by atoms with Gasteiger partial charge in [-0.25, -0.2) is 0 Å². The lowest BCUT2D eigenvalue weighted by molar-refractivity contribution is 0.769. The van der Waals surface area contributed by atoms with Crippen LogP contribution in [0.4, 0.5) is 11.6 Å². The maximum atomic E-state index is 12.4. The molecule has 0 amide bonds. The van der Waals surface area contributed by atoms with Gasteiger partial charge in [-0.3, -0.25) is 29.8 Å². The topological polar surface area (TPSA) is 119 Å². The average Bonchev–Trinajstić information content (AvgIpc) is 3.15. The summed E-state index contributed by atoms with van der Waals surface area (Å²) in [6.07, 6.45) is 3.16. The summed E-state index contributed by atoms with van der Waals surface area (Å²) in [5.74, 6) is 1.15. The fraction of sp³-hybridized carbons (Fsp3) is 0.143. The third kappa shape index (κ3) is 2.97. The van der Waals surface area contributed by atoms with E-state index in [1.807, 2.05) is 0 Å². The minimum absolute atomic E-state index is 0.0707. The van der Waals surface area contributed by atoms with Crippen molar-refractivity contribution in [2.45, 2.75) is 0 Å². The summed E-state index contributed by atoms with van der Waals surface area (Å²) in [7, 11) is 3.44. The van der Waals surface area contributed by atoms with Crippen molar-refractivity contribution in [1.82, 2.24) is 19.6 Å². The summed E-state index contributed by atoms with van der Waals surface area (Å²) < 4.78 is 3.09. The molecular weight excluding hydrogens is 312 g/mol. The largest absolute Gasteiger partial charge is 0.287 e. The average molecular weight is 326 g/mol. The van der Waals surface area contributed by atoms with Crippen molar-refractivity contribution in [2.24, 2.45) is 24.3 Å². The second kappa shape index (κ2) is 6.28. The molecule has 122 valence electrons. The molecule has 0 aliphatic heterocycles. The van der Waals surface area contributed by atoms with Gasteiger partial charge in [-0.2, -0.15) is 20.4 Å². The van der Waals surface area contributed by atoms with Crippen molar-refractivity contribution in [1.29, 1.82) is 0 Å². The second-order valence-electron chi connectivity index (χ2n) is 4.89. The molecule has 0 saturated carbocycles. The van der Waals surface area contributed by atoms with Gasteiger partial charge in [0.2, 0.25) is 10.9 Å². The number of nitrogens with zero attached hydrogens (tertiary/aromatic N) is 6. The Morgan fingerprint density at radius 3 is 2.00 bits per heavy atom. The van der Waals surface area contributed by atoms with Gasteiger partial charge in [0.25, 0.3) is 0 Å². The highest BCUT2D eigenvalue weighted by Crippen LogP contribution is 2.02. The van der Waals surface area contributed by atoms with E-state index in [1.165, 1.54) is 16.8 Å². The molecule has 3 aromatic rings. The summed E-state index contributed by atoms with van der Waals surface area (Å²) in [6, 6.07) is 5.95. The van der Waals surface area contributed by atoms with Crippen molar-refractivity contribution in [3.8, 4) is 0 Å². The van der Waals surface area contributed by atoms with Crippen molar-refractivity contribution < 1.29 is 0 Å². The summed E-state index contributed by atoms with van der Waals surface area (Å²) in [5, 5.41) is 15.7. The molecule has 0 bridgehead atoms. The molecule has 24 heavy (non-hydrogen) atoms. The Morgan fingerprint density at radius 1 is 0.875 bits per heavy atom. The zero-order valence-electron chi connectivity index (χ0n) is 13.0. The van der Waals surface area contributed by atoms with Gasteiger partial charge in [0.05, 0.1) is 12.4 Å². The van der Waals surface area contributed by atoms with Crippen molar-refractivity contribution in [2.75, 3.05) is 10.9 Å². The number of nitrogens with one attached hydrogen (secondary N) is 2. The van der Waals surface area contributed by atoms with Gasteiger partial charge in [-0.1, -0.05) is 0 Å². The first-order valence-corrected chi connectivity index (χ1v) is 6.97. The normalized spacial score (nSPS) is 12.6. The molecule has 0 radical (unpaired) electrons. The standard InChI is InChI=1S/C14H14N8O2/c1-21-11(5-7-15-21)18-17-9-3-4-10(23)13(14(9)24)20-19-12-6-8-16-22(12)2/h3-8,18-19H,1-2H3/b17-9+,20-13+. The van der Waals surface area contributed by atoms with Crippen LogP contribution in [-0.2, 0) is 14.1 Å². The number of hydrogen-bond acceptors (Lipinski definition) is 8. The van der Waals surface area contributed by atoms with Crippen LogP contribution in [0.15, 0.2) is 56.5 Å². The lowest BCUT2D eigenvalue weighted by atomic mass is 10.3.